The molecule has 6 nitrogen and oxygen atoms in total. The first-order valence-corrected chi connectivity index (χ1v) is 6.89. The summed E-state index contributed by atoms with van der Waals surface area (Å²) in [6, 6.07) is 7.20. The van der Waals surface area contributed by atoms with Gasteiger partial charge in [-0.15, -0.1) is 0 Å². The van der Waals surface area contributed by atoms with Crippen LogP contribution in [0, 0.1) is 0 Å². The summed E-state index contributed by atoms with van der Waals surface area (Å²) in [7, 11) is 0. The highest BCUT2D eigenvalue weighted by molar-refractivity contribution is 9.10. The van der Waals surface area contributed by atoms with Crippen molar-refractivity contribution in [1.82, 2.24) is 19.5 Å². The topological polar surface area (TPSA) is 72.7 Å². The van der Waals surface area contributed by atoms with Gasteiger partial charge in [-0.3, -0.25) is 9.36 Å². The molecular formula is C14H10BrN5O. The molecular weight excluding hydrogens is 334 g/mol. The number of nitrogens with one attached hydrogen (secondary N) is 1. The van der Waals surface area contributed by atoms with Crippen LogP contribution in [-0.2, 0) is 0 Å². The second-order valence-corrected chi connectivity index (χ2v) is 5.03. The molecule has 3 rings (SSSR count). The molecule has 1 N–H and O–H groups in total. The summed E-state index contributed by atoms with van der Waals surface area (Å²) >= 11 is 3.35. The molecule has 0 bridgehead atoms. The molecule has 0 aliphatic heterocycles. The van der Waals surface area contributed by atoms with Gasteiger partial charge < -0.3 is 5.32 Å². The van der Waals surface area contributed by atoms with E-state index in [1.165, 1.54) is 0 Å². The van der Waals surface area contributed by atoms with Crippen LogP contribution in [0.2, 0.25) is 0 Å². The minimum atomic E-state index is -0.221. The van der Waals surface area contributed by atoms with Gasteiger partial charge in [0.25, 0.3) is 5.91 Å². The lowest BCUT2D eigenvalue weighted by Crippen LogP contribution is -2.13. The molecule has 104 valence electrons. The molecule has 0 unspecified atom stereocenters. The Bertz CT molecular complexity index is 755. The van der Waals surface area contributed by atoms with Gasteiger partial charge in [-0.25, -0.2) is 15.0 Å². The van der Waals surface area contributed by atoms with E-state index in [-0.39, 0.29) is 5.91 Å². The Hall–Kier alpha value is -2.54. The Balaban J connectivity index is 1.77. The highest BCUT2D eigenvalue weighted by atomic mass is 79.9. The Morgan fingerprint density at radius 3 is 2.62 bits per heavy atom. The molecule has 0 aliphatic rings. The molecule has 1 aromatic carbocycles. The predicted octanol–water partition coefficient (Wildman–Crippen LogP) is 2.68. The lowest BCUT2D eigenvalue weighted by Gasteiger charge is -2.07. The van der Waals surface area contributed by atoms with Gasteiger partial charge in [-0.05, 0) is 28.1 Å². The summed E-state index contributed by atoms with van der Waals surface area (Å²) in [5, 5.41) is 2.75. The number of carbonyl (C=O) groups excluding carboxylic acids is 1. The van der Waals surface area contributed by atoms with Crippen molar-refractivity contribution in [2.45, 2.75) is 0 Å². The molecule has 0 aliphatic carbocycles. The number of imidazole rings is 1. The Morgan fingerprint density at radius 1 is 1.19 bits per heavy atom. The molecule has 0 saturated carbocycles. The van der Waals surface area contributed by atoms with E-state index in [0.29, 0.717) is 17.2 Å². The van der Waals surface area contributed by atoms with Gasteiger partial charge >= 0.3 is 0 Å². The molecule has 21 heavy (non-hydrogen) atoms. The van der Waals surface area contributed by atoms with Crippen LogP contribution >= 0.6 is 15.9 Å². The van der Waals surface area contributed by atoms with Crippen molar-refractivity contribution in [2.75, 3.05) is 5.32 Å². The van der Waals surface area contributed by atoms with Crippen molar-refractivity contribution < 1.29 is 4.79 Å². The standard InChI is InChI=1S/C14H10BrN5O/c15-12-4-2-1-3-11(12)13(21)19-10-7-17-14(18-8-10)20-6-5-16-9-20/h1-9H,(H,19,21). The van der Waals surface area contributed by atoms with E-state index in [2.05, 4.69) is 36.2 Å². The van der Waals surface area contributed by atoms with E-state index >= 15 is 0 Å². The average molecular weight is 344 g/mol. The number of rotatable bonds is 3. The Labute approximate surface area is 129 Å². The van der Waals surface area contributed by atoms with E-state index in [9.17, 15) is 4.79 Å². The highest BCUT2D eigenvalue weighted by Crippen LogP contribution is 2.17. The molecule has 2 heterocycles. The molecule has 3 aromatic rings. The average Bonchev–Trinajstić information content (AvgIpc) is 3.02. The van der Waals surface area contributed by atoms with Crippen LogP contribution < -0.4 is 5.32 Å². The van der Waals surface area contributed by atoms with Crippen molar-refractivity contribution in [1.29, 1.82) is 0 Å². The molecule has 0 saturated heterocycles. The van der Waals surface area contributed by atoms with E-state index in [1.807, 2.05) is 12.1 Å². The minimum Gasteiger partial charge on any atom is -0.319 e. The molecule has 0 radical (unpaired) electrons. The Kier molecular flexibility index (Phi) is 3.74. The van der Waals surface area contributed by atoms with E-state index < -0.39 is 0 Å². The van der Waals surface area contributed by atoms with Gasteiger partial charge in [-0.2, -0.15) is 0 Å². The lowest BCUT2D eigenvalue weighted by molar-refractivity contribution is 0.102. The number of carbonyl (C=O) groups is 1. The van der Waals surface area contributed by atoms with Crippen LogP contribution in [0.5, 0.6) is 0 Å². The molecule has 1 amide bonds. The first-order chi connectivity index (χ1) is 10.2. The van der Waals surface area contributed by atoms with Crippen molar-refractivity contribution in [3.63, 3.8) is 0 Å². The number of hydrogen-bond donors (Lipinski definition) is 1. The van der Waals surface area contributed by atoms with Gasteiger partial charge in [-0.1, -0.05) is 12.1 Å². The molecule has 0 fully saturated rings. The molecule has 7 heteroatoms. The van der Waals surface area contributed by atoms with Crippen LogP contribution in [0.15, 0.2) is 59.9 Å². The van der Waals surface area contributed by atoms with Crippen molar-refractivity contribution >= 4 is 27.5 Å². The smallest absolute Gasteiger partial charge is 0.256 e. The maximum atomic E-state index is 12.1. The van der Waals surface area contributed by atoms with Crippen LogP contribution in [0.3, 0.4) is 0 Å². The fourth-order valence-electron chi connectivity index (χ4n) is 1.74. The van der Waals surface area contributed by atoms with E-state index in [4.69, 9.17) is 0 Å². The number of nitrogens with zero attached hydrogens (tertiary/aromatic N) is 4. The fourth-order valence-corrected chi connectivity index (χ4v) is 2.21. The van der Waals surface area contributed by atoms with Gasteiger partial charge in [0, 0.05) is 16.9 Å². The zero-order valence-corrected chi connectivity index (χ0v) is 12.4. The fraction of sp³-hybridized carbons (Fsp3) is 0. The second-order valence-electron chi connectivity index (χ2n) is 4.18. The van der Waals surface area contributed by atoms with Crippen LogP contribution in [0.25, 0.3) is 5.95 Å². The number of halogens is 1. The summed E-state index contributed by atoms with van der Waals surface area (Å²) < 4.78 is 2.41. The van der Waals surface area contributed by atoms with Crippen molar-refractivity contribution in [3.8, 4) is 5.95 Å². The summed E-state index contributed by atoms with van der Waals surface area (Å²) in [6.45, 7) is 0. The molecule has 0 spiro atoms. The van der Waals surface area contributed by atoms with Crippen LogP contribution in [0.4, 0.5) is 5.69 Å². The van der Waals surface area contributed by atoms with Gasteiger partial charge in [0.2, 0.25) is 5.95 Å². The summed E-state index contributed by atoms with van der Waals surface area (Å²) in [5.74, 6) is 0.271. The number of benzene rings is 1. The van der Waals surface area contributed by atoms with Crippen molar-refractivity contribution in [2.24, 2.45) is 0 Å². The normalized spacial score (nSPS) is 10.3. The number of amides is 1. The number of hydrogen-bond acceptors (Lipinski definition) is 4. The second kappa shape index (κ2) is 5.84. The Morgan fingerprint density at radius 2 is 1.95 bits per heavy atom. The van der Waals surface area contributed by atoms with E-state index in [1.54, 1.807) is 47.8 Å². The number of anilines is 1. The first kappa shape index (κ1) is 13.4. The molecule has 0 atom stereocenters. The minimum absolute atomic E-state index is 0.221. The molecule has 2 aromatic heterocycles. The summed E-state index contributed by atoms with van der Waals surface area (Å²) in [5.41, 5.74) is 1.08. The third kappa shape index (κ3) is 2.97. The summed E-state index contributed by atoms with van der Waals surface area (Å²) in [6.07, 6.45) is 8.10. The van der Waals surface area contributed by atoms with Crippen LogP contribution in [0.1, 0.15) is 10.4 Å². The predicted molar refractivity (Wildman–Crippen MR) is 81.2 cm³/mol. The number of aromatic nitrogens is 4. The SMILES string of the molecule is O=C(Nc1cnc(-n2ccnc2)nc1)c1ccccc1Br. The largest absolute Gasteiger partial charge is 0.319 e. The van der Waals surface area contributed by atoms with Gasteiger partial charge in [0.1, 0.15) is 6.33 Å². The quantitative estimate of drug-likeness (QED) is 0.793. The zero-order valence-electron chi connectivity index (χ0n) is 10.8. The highest BCUT2D eigenvalue weighted by Gasteiger charge is 2.10. The van der Waals surface area contributed by atoms with Gasteiger partial charge in [0.05, 0.1) is 23.6 Å². The zero-order chi connectivity index (χ0) is 14.7. The van der Waals surface area contributed by atoms with Crippen LogP contribution in [-0.4, -0.2) is 25.4 Å². The monoisotopic (exact) mass is 343 g/mol. The third-order valence-corrected chi connectivity index (χ3v) is 3.44. The third-order valence-electron chi connectivity index (χ3n) is 2.75. The van der Waals surface area contributed by atoms with E-state index in [0.717, 1.165) is 4.47 Å². The van der Waals surface area contributed by atoms with Crippen molar-refractivity contribution in [3.05, 3.63) is 65.4 Å². The maximum Gasteiger partial charge on any atom is 0.256 e. The summed E-state index contributed by atoms with van der Waals surface area (Å²) in [4.78, 5) is 24.4. The lowest BCUT2D eigenvalue weighted by atomic mass is 10.2. The van der Waals surface area contributed by atoms with Gasteiger partial charge in [0.15, 0.2) is 0 Å². The maximum absolute atomic E-state index is 12.1. The first-order valence-electron chi connectivity index (χ1n) is 6.10.